The lowest BCUT2D eigenvalue weighted by molar-refractivity contribution is -0.117. The van der Waals surface area contributed by atoms with Gasteiger partial charge in [-0.05, 0) is 19.1 Å². The van der Waals surface area contributed by atoms with E-state index in [2.05, 4.69) is 25.7 Å². The van der Waals surface area contributed by atoms with E-state index in [1.54, 1.807) is 25.4 Å². The summed E-state index contributed by atoms with van der Waals surface area (Å²) < 4.78 is 2.57. The van der Waals surface area contributed by atoms with Gasteiger partial charge in [-0.2, -0.15) is 5.10 Å². The highest BCUT2D eigenvalue weighted by atomic mass is 32.1. The molecule has 9 nitrogen and oxygen atoms in total. The van der Waals surface area contributed by atoms with Gasteiger partial charge in [-0.25, -0.2) is 9.36 Å². The molecule has 0 aliphatic rings. The van der Waals surface area contributed by atoms with Crippen molar-refractivity contribution in [3.05, 3.63) is 46.0 Å². The maximum atomic E-state index is 11.9. The smallest absolute Gasteiger partial charge is 0.267 e. The summed E-state index contributed by atoms with van der Waals surface area (Å²) in [4.78, 5) is 23.7. The number of carbonyl (C=O) groups excluding carboxylic acids is 1. The molecule has 0 aromatic carbocycles. The van der Waals surface area contributed by atoms with Crippen LogP contribution in [0.25, 0.3) is 5.82 Å². The Balaban J connectivity index is 1.78. The van der Waals surface area contributed by atoms with Gasteiger partial charge in [-0.1, -0.05) is 11.3 Å². The van der Waals surface area contributed by atoms with Crippen LogP contribution in [0, 0.1) is 6.92 Å². The van der Waals surface area contributed by atoms with Crippen LogP contribution in [0.2, 0.25) is 0 Å². The van der Waals surface area contributed by atoms with E-state index in [4.69, 9.17) is 0 Å². The Bertz CT molecular complexity index is 852. The highest BCUT2D eigenvalue weighted by Gasteiger charge is 2.10. The topological polar surface area (TPSA) is 108 Å². The number of aryl methyl sites for hydroxylation is 1. The van der Waals surface area contributed by atoms with Gasteiger partial charge in [0.05, 0.1) is 0 Å². The molecule has 0 aliphatic carbocycles. The van der Waals surface area contributed by atoms with Gasteiger partial charge in [0, 0.05) is 18.5 Å². The van der Waals surface area contributed by atoms with Crippen LogP contribution in [-0.2, 0) is 11.3 Å². The fourth-order valence-corrected chi connectivity index (χ4v) is 2.33. The molecule has 0 saturated carbocycles. The van der Waals surface area contributed by atoms with Crippen LogP contribution in [0.4, 0.5) is 5.13 Å². The second-order valence-electron chi connectivity index (χ2n) is 4.31. The summed E-state index contributed by atoms with van der Waals surface area (Å²) in [6, 6.07) is 4.62. The Morgan fingerprint density at radius 3 is 2.91 bits per heavy atom. The number of aromatic nitrogens is 6. The molecule has 0 aliphatic heterocycles. The Labute approximate surface area is 128 Å². The average molecular weight is 317 g/mol. The molecule has 0 saturated heterocycles. The Morgan fingerprint density at radius 1 is 1.36 bits per heavy atom. The van der Waals surface area contributed by atoms with Gasteiger partial charge in [0.2, 0.25) is 11.0 Å². The zero-order valence-electron chi connectivity index (χ0n) is 11.5. The van der Waals surface area contributed by atoms with Crippen LogP contribution in [0.5, 0.6) is 0 Å². The van der Waals surface area contributed by atoms with E-state index < -0.39 is 5.91 Å². The number of amides is 1. The van der Waals surface area contributed by atoms with Gasteiger partial charge in [0.25, 0.3) is 5.56 Å². The van der Waals surface area contributed by atoms with Crippen molar-refractivity contribution in [1.29, 1.82) is 0 Å². The van der Waals surface area contributed by atoms with Gasteiger partial charge < -0.3 is 0 Å². The number of nitrogens with one attached hydrogen (secondary N) is 1. The van der Waals surface area contributed by atoms with Crippen molar-refractivity contribution < 1.29 is 4.79 Å². The molecule has 1 amide bonds. The SMILES string of the molecule is Cc1nnc(NC(=O)Cn2nc(-n3cccn3)ccc2=O)s1. The molecule has 3 aromatic rings. The second kappa shape index (κ2) is 5.85. The van der Waals surface area contributed by atoms with Crippen molar-refractivity contribution in [3.8, 4) is 5.82 Å². The minimum absolute atomic E-state index is 0.216. The second-order valence-corrected chi connectivity index (χ2v) is 5.49. The minimum atomic E-state index is -0.400. The molecular weight excluding hydrogens is 306 g/mol. The Hall–Kier alpha value is -2.88. The molecule has 3 heterocycles. The van der Waals surface area contributed by atoms with E-state index in [-0.39, 0.29) is 12.1 Å². The van der Waals surface area contributed by atoms with Crippen molar-refractivity contribution in [2.24, 2.45) is 0 Å². The summed E-state index contributed by atoms with van der Waals surface area (Å²) in [5, 5.41) is 19.4. The van der Waals surface area contributed by atoms with E-state index in [0.29, 0.717) is 10.9 Å². The van der Waals surface area contributed by atoms with Crippen molar-refractivity contribution in [3.63, 3.8) is 0 Å². The van der Waals surface area contributed by atoms with E-state index in [1.165, 1.54) is 28.2 Å². The van der Waals surface area contributed by atoms with Crippen LogP contribution < -0.4 is 10.9 Å². The Kier molecular flexibility index (Phi) is 3.74. The molecule has 112 valence electrons. The lowest BCUT2D eigenvalue weighted by Gasteiger charge is -2.06. The predicted octanol–water partition coefficient (Wildman–Crippen LogP) is 0.228. The maximum Gasteiger partial charge on any atom is 0.267 e. The zero-order valence-corrected chi connectivity index (χ0v) is 12.3. The van der Waals surface area contributed by atoms with Crippen LogP contribution in [0.1, 0.15) is 5.01 Å². The first-order valence-corrected chi connectivity index (χ1v) is 7.11. The zero-order chi connectivity index (χ0) is 15.5. The van der Waals surface area contributed by atoms with E-state index in [9.17, 15) is 9.59 Å². The number of nitrogens with zero attached hydrogens (tertiary/aromatic N) is 6. The molecule has 0 atom stereocenters. The molecule has 22 heavy (non-hydrogen) atoms. The van der Waals surface area contributed by atoms with Crippen molar-refractivity contribution in [2.45, 2.75) is 13.5 Å². The number of hydrogen-bond acceptors (Lipinski definition) is 7. The van der Waals surface area contributed by atoms with Crippen molar-refractivity contribution >= 4 is 22.4 Å². The first kappa shape index (κ1) is 14.1. The molecule has 3 rings (SSSR count). The van der Waals surface area contributed by atoms with Gasteiger partial charge in [-0.3, -0.25) is 14.9 Å². The first-order chi connectivity index (χ1) is 10.6. The van der Waals surface area contributed by atoms with Crippen molar-refractivity contribution in [2.75, 3.05) is 5.32 Å². The van der Waals surface area contributed by atoms with Gasteiger partial charge in [0.15, 0.2) is 5.82 Å². The minimum Gasteiger partial charge on any atom is -0.299 e. The normalized spacial score (nSPS) is 10.6. The summed E-state index contributed by atoms with van der Waals surface area (Å²) in [5.41, 5.74) is -0.375. The predicted molar refractivity (Wildman–Crippen MR) is 78.9 cm³/mol. The van der Waals surface area contributed by atoms with Crippen LogP contribution in [0.15, 0.2) is 35.4 Å². The number of carbonyl (C=O) groups is 1. The third-order valence-corrected chi connectivity index (χ3v) is 3.41. The van der Waals surface area contributed by atoms with E-state index in [1.807, 2.05) is 0 Å². The molecule has 1 N–H and O–H groups in total. The number of rotatable bonds is 4. The summed E-state index contributed by atoms with van der Waals surface area (Å²) in [6.07, 6.45) is 3.29. The average Bonchev–Trinajstić information content (AvgIpc) is 3.13. The molecule has 0 unspecified atom stereocenters. The van der Waals surface area contributed by atoms with E-state index in [0.717, 1.165) is 9.69 Å². The molecule has 0 spiro atoms. The van der Waals surface area contributed by atoms with Crippen molar-refractivity contribution in [1.82, 2.24) is 29.8 Å². The molecular formula is C12H11N7O2S. The molecule has 0 fully saturated rings. The standard InChI is InChI=1S/C12H11N7O2S/c1-8-15-16-12(22-8)14-10(20)7-19-11(21)4-3-9(17-19)18-6-2-5-13-18/h2-6H,7H2,1H3,(H,14,16,20). The molecule has 10 heteroatoms. The molecule has 0 radical (unpaired) electrons. The third-order valence-electron chi connectivity index (χ3n) is 2.66. The monoisotopic (exact) mass is 317 g/mol. The van der Waals surface area contributed by atoms with E-state index >= 15 is 0 Å². The van der Waals surface area contributed by atoms with Gasteiger partial charge >= 0.3 is 0 Å². The third kappa shape index (κ3) is 3.06. The molecule has 0 bridgehead atoms. The Morgan fingerprint density at radius 2 is 2.23 bits per heavy atom. The number of anilines is 1. The van der Waals surface area contributed by atoms with Gasteiger partial charge in [0.1, 0.15) is 11.6 Å². The lowest BCUT2D eigenvalue weighted by Crippen LogP contribution is -2.30. The van der Waals surface area contributed by atoms with Gasteiger partial charge in [-0.15, -0.1) is 15.3 Å². The summed E-state index contributed by atoms with van der Waals surface area (Å²) in [6.45, 7) is 1.57. The van der Waals surface area contributed by atoms with Crippen LogP contribution in [0.3, 0.4) is 0 Å². The van der Waals surface area contributed by atoms with Crippen LogP contribution in [-0.4, -0.2) is 35.7 Å². The fraction of sp³-hybridized carbons (Fsp3) is 0.167. The maximum absolute atomic E-state index is 11.9. The summed E-state index contributed by atoms with van der Waals surface area (Å²) in [5.74, 6) is 0.0486. The number of hydrogen-bond donors (Lipinski definition) is 1. The highest BCUT2D eigenvalue weighted by Crippen LogP contribution is 2.13. The quantitative estimate of drug-likeness (QED) is 0.738. The summed E-state index contributed by atoms with van der Waals surface area (Å²) >= 11 is 1.26. The lowest BCUT2D eigenvalue weighted by atomic mass is 10.5. The first-order valence-electron chi connectivity index (χ1n) is 6.30. The fourth-order valence-electron chi connectivity index (χ4n) is 1.72. The highest BCUT2D eigenvalue weighted by molar-refractivity contribution is 7.15. The van der Waals surface area contributed by atoms with Crippen LogP contribution >= 0.6 is 11.3 Å². The molecule has 3 aromatic heterocycles. The largest absolute Gasteiger partial charge is 0.299 e. The summed E-state index contributed by atoms with van der Waals surface area (Å²) in [7, 11) is 0.